The lowest BCUT2D eigenvalue weighted by molar-refractivity contribution is 0.360. The van der Waals surface area contributed by atoms with Crippen molar-refractivity contribution in [3.63, 3.8) is 0 Å². The van der Waals surface area contributed by atoms with E-state index in [1.54, 1.807) is 0 Å². The van der Waals surface area contributed by atoms with Crippen LogP contribution in [0.3, 0.4) is 0 Å². The van der Waals surface area contributed by atoms with Crippen LogP contribution in [0.1, 0.15) is 29.7 Å². The van der Waals surface area contributed by atoms with Crippen LogP contribution in [0, 0.1) is 0 Å². The summed E-state index contributed by atoms with van der Waals surface area (Å²) in [6.07, 6.45) is 1.21. The second kappa shape index (κ2) is 4.50. The first kappa shape index (κ1) is 11.9. The number of epoxide rings is 1. The summed E-state index contributed by atoms with van der Waals surface area (Å²) in [4.78, 5) is 0. The second-order valence-corrected chi connectivity index (χ2v) is 5.57. The van der Waals surface area contributed by atoms with Crippen LogP contribution in [-0.2, 0) is 16.5 Å². The van der Waals surface area contributed by atoms with Gasteiger partial charge in [0.05, 0.1) is 0 Å². The molecule has 1 saturated heterocycles. The van der Waals surface area contributed by atoms with Crippen LogP contribution in [0.2, 0.25) is 0 Å². The Balaban J connectivity index is 1.94. The van der Waals surface area contributed by atoms with E-state index in [0.29, 0.717) is 0 Å². The van der Waals surface area contributed by atoms with E-state index in [9.17, 15) is 0 Å². The molecule has 1 aliphatic rings. The van der Waals surface area contributed by atoms with Gasteiger partial charge >= 0.3 is 0 Å². The zero-order chi connectivity index (χ0) is 12.6. The molecule has 3 unspecified atom stereocenters. The van der Waals surface area contributed by atoms with Crippen LogP contribution in [0.5, 0.6) is 0 Å². The van der Waals surface area contributed by atoms with Crippen LogP contribution < -0.4 is 0 Å². The predicted molar refractivity (Wildman–Crippen MR) is 77.5 cm³/mol. The lowest BCUT2D eigenvalue weighted by Gasteiger charge is -2.09. The molecule has 0 saturated carbocycles. The quantitative estimate of drug-likeness (QED) is 0.596. The van der Waals surface area contributed by atoms with Gasteiger partial charge in [0.15, 0.2) is 0 Å². The van der Waals surface area contributed by atoms with Crippen LogP contribution in [-0.4, -0.2) is 0 Å². The summed E-state index contributed by atoms with van der Waals surface area (Å²) in [7, 11) is 2.87. The monoisotopic (exact) mass is 256 g/mol. The Bertz CT molecular complexity index is 552. The minimum absolute atomic E-state index is 0.168. The number of hydrogen-bond acceptors (Lipinski definition) is 1. The third-order valence-electron chi connectivity index (χ3n) is 3.59. The standard InChI is InChI=1S/C16H17OP/c1-2-12-8-6-7-11-14(12)15-16(18,17-15)13-9-4-3-5-10-13/h3-11,15H,2,18H2,1H3. The van der Waals surface area contributed by atoms with Crippen molar-refractivity contribution >= 4 is 9.24 Å². The van der Waals surface area contributed by atoms with E-state index in [0.717, 1.165) is 6.42 Å². The average Bonchev–Trinajstić information content (AvgIpc) is 3.13. The average molecular weight is 256 g/mol. The zero-order valence-corrected chi connectivity index (χ0v) is 11.6. The molecule has 2 aromatic rings. The first-order valence-electron chi connectivity index (χ1n) is 6.35. The van der Waals surface area contributed by atoms with Gasteiger partial charge in [0.1, 0.15) is 11.4 Å². The van der Waals surface area contributed by atoms with Gasteiger partial charge in [0, 0.05) is 0 Å². The number of rotatable bonds is 3. The van der Waals surface area contributed by atoms with Crippen molar-refractivity contribution in [2.75, 3.05) is 0 Å². The van der Waals surface area contributed by atoms with Gasteiger partial charge in [-0.3, -0.25) is 0 Å². The molecule has 1 heterocycles. The first-order chi connectivity index (χ1) is 8.75. The summed E-state index contributed by atoms with van der Waals surface area (Å²) in [5, 5.41) is -0.230. The van der Waals surface area contributed by atoms with Crippen LogP contribution >= 0.6 is 9.24 Å². The van der Waals surface area contributed by atoms with Gasteiger partial charge < -0.3 is 4.74 Å². The van der Waals surface area contributed by atoms with Gasteiger partial charge in [0.2, 0.25) is 0 Å². The highest BCUT2D eigenvalue weighted by Gasteiger charge is 2.55. The van der Waals surface area contributed by atoms with E-state index in [4.69, 9.17) is 4.74 Å². The van der Waals surface area contributed by atoms with E-state index in [1.807, 2.05) is 6.07 Å². The topological polar surface area (TPSA) is 12.5 Å². The fourth-order valence-corrected chi connectivity index (χ4v) is 2.99. The highest BCUT2D eigenvalue weighted by Crippen LogP contribution is 2.62. The Hall–Kier alpha value is -1.17. The maximum atomic E-state index is 5.98. The highest BCUT2D eigenvalue weighted by molar-refractivity contribution is 7.18. The third kappa shape index (κ3) is 1.88. The molecular formula is C16H17OP. The Labute approximate surface area is 110 Å². The third-order valence-corrected chi connectivity index (χ3v) is 4.36. The Morgan fingerprint density at radius 1 is 1.06 bits per heavy atom. The summed E-state index contributed by atoms with van der Waals surface area (Å²) >= 11 is 0. The Morgan fingerprint density at radius 2 is 1.72 bits per heavy atom. The normalized spacial score (nSPS) is 26.0. The van der Waals surface area contributed by atoms with Gasteiger partial charge in [-0.2, -0.15) is 0 Å². The van der Waals surface area contributed by atoms with Crippen molar-refractivity contribution in [3.8, 4) is 0 Å². The molecule has 1 nitrogen and oxygen atoms in total. The minimum Gasteiger partial charge on any atom is -0.352 e. The van der Waals surface area contributed by atoms with E-state index in [1.165, 1.54) is 16.7 Å². The summed E-state index contributed by atoms with van der Waals surface area (Å²) in [6, 6.07) is 19.0. The van der Waals surface area contributed by atoms with Gasteiger partial charge in [-0.15, -0.1) is 0 Å². The maximum Gasteiger partial charge on any atom is 0.137 e. The molecule has 0 spiro atoms. The molecule has 1 aliphatic heterocycles. The van der Waals surface area contributed by atoms with E-state index >= 15 is 0 Å². The van der Waals surface area contributed by atoms with Crippen LogP contribution in [0.25, 0.3) is 0 Å². The largest absolute Gasteiger partial charge is 0.352 e. The van der Waals surface area contributed by atoms with Crippen molar-refractivity contribution in [2.24, 2.45) is 0 Å². The summed E-state index contributed by atoms with van der Waals surface area (Å²) in [5.41, 5.74) is 3.92. The second-order valence-electron chi connectivity index (χ2n) is 4.71. The Morgan fingerprint density at radius 3 is 2.44 bits per heavy atom. The maximum absolute atomic E-state index is 5.98. The molecule has 0 aliphatic carbocycles. The molecule has 0 amide bonds. The number of benzene rings is 2. The fraction of sp³-hybridized carbons (Fsp3) is 0.250. The lowest BCUT2D eigenvalue weighted by atomic mass is 9.98. The van der Waals surface area contributed by atoms with Crippen molar-refractivity contribution in [1.29, 1.82) is 0 Å². The molecule has 0 aromatic heterocycles. The number of ether oxygens (including phenoxy) is 1. The van der Waals surface area contributed by atoms with Gasteiger partial charge in [0.25, 0.3) is 0 Å². The molecular weight excluding hydrogens is 239 g/mol. The molecule has 0 N–H and O–H groups in total. The molecule has 0 radical (unpaired) electrons. The van der Waals surface area contributed by atoms with Crippen molar-refractivity contribution in [1.82, 2.24) is 0 Å². The Kier molecular flexibility index (Phi) is 2.97. The minimum atomic E-state index is -0.230. The summed E-state index contributed by atoms with van der Waals surface area (Å²) in [6.45, 7) is 2.19. The van der Waals surface area contributed by atoms with Gasteiger partial charge in [-0.05, 0) is 23.1 Å². The van der Waals surface area contributed by atoms with Crippen molar-refractivity contribution < 1.29 is 4.74 Å². The molecule has 92 valence electrons. The molecule has 3 rings (SSSR count). The molecule has 2 heteroatoms. The van der Waals surface area contributed by atoms with E-state index < -0.39 is 0 Å². The highest BCUT2D eigenvalue weighted by atomic mass is 31.0. The molecule has 2 aromatic carbocycles. The SMILES string of the molecule is CCc1ccccc1C1OC1(P)c1ccccc1. The van der Waals surface area contributed by atoms with Gasteiger partial charge in [-0.25, -0.2) is 0 Å². The molecule has 3 atom stereocenters. The van der Waals surface area contributed by atoms with Crippen LogP contribution in [0.4, 0.5) is 0 Å². The van der Waals surface area contributed by atoms with E-state index in [-0.39, 0.29) is 11.4 Å². The smallest absolute Gasteiger partial charge is 0.137 e. The molecule has 0 bridgehead atoms. The van der Waals surface area contributed by atoms with Crippen molar-refractivity contribution in [2.45, 2.75) is 24.8 Å². The van der Waals surface area contributed by atoms with Crippen molar-refractivity contribution in [3.05, 3.63) is 71.3 Å². The fourth-order valence-electron chi connectivity index (χ4n) is 2.49. The molecule has 1 fully saturated rings. The molecule has 18 heavy (non-hydrogen) atoms. The van der Waals surface area contributed by atoms with Gasteiger partial charge in [-0.1, -0.05) is 70.8 Å². The number of hydrogen-bond donors (Lipinski definition) is 0. The van der Waals surface area contributed by atoms with E-state index in [2.05, 4.69) is 64.7 Å². The zero-order valence-electron chi connectivity index (χ0n) is 10.5. The summed E-state index contributed by atoms with van der Waals surface area (Å²) < 4.78 is 5.98. The van der Waals surface area contributed by atoms with Crippen LogP contribution in [0.15, 0.2) is 54.6 Å². The lowest BCUT2D eigenvalue weighted by Crippen LogP contribution is -2.01. The number of aryl methyl sites for hydroxylation is 1. The predicted octanol–water partition coefficient (Wildman–Crippen LogP) is 4.05. The summed E-state index contributed by atoms with van der Waals surface area (Å²) in [5.74, 6) is 0. The first-order valence-corrected chi connectivity index (χ1v) is 6.93.